The van der Waals surface area contributed by atoms with Crippen molar-refractivity contribution in [1.82, 2.24) is 4.31 Å². The van der Waals surface area contributed by atoms with Crippen LogP contribution in [0.25, 0.3) is 0 Å². The fraction of sp³-hybridized carbons (Fsp3) is 0.300. The number of nitrogens with zero attached hydrogens (tertiary/aromatic N) is 2. The van der Waals surface area contributed by atoms with E-state index in [-0.39, 0.29) is 9.92 Å². The molecule has 1 aromatic rings. The van der Waals surface area contributed by atoms with Crippen LogP contribution in [0.4, 0.5) is 0 Å². The summed E-state index contributed by atoms with van der Waals surface area (Å²) in [6.07, 6.45) is 0. The minimum Gasteiger partial charge on any atom is -0.207 e. The van der Waals surface area contributed by atoms with Gasteiger partial charge in [-0.3, -0.25) is 0 Å². The fourth-order valence-corrected chi connectivity index (χ4v) is 2.87. The molecule has 0 heterocycles. The Morgan fingerprint density at radius 2 is 2.00 bits per heavy atom. The average molecular weight is 259 g/mol. The molecule has 0 aliphatic heterocycles. The lowest BCUT2D eigenvalue weighted by Crippen LogP contribution is -2.34. The van der Waals surface area contributed by atoms with Crippen LogP contribution in [0.15, 0.2) is 29.2 Å². The van der Waals surface area contributed by atoms with Gasteiger partial charge in [0.2, 0.25) is 10.0 Å². The zero-order valence-electron chi connectivity index (χ0n) is 8.88. The molecule has 0 amide bonds. The van der Waals surface area contributed by atoms with Crippen LogP contribution in [0, 0.1) is 11.3 Å². The molecule has 0 saturated carbocycles. The Balaban J connectivity index is 3.24. The minimum atomic E-state index is -3.70. The van der Waals surface area contributed by atoms with Gasteiger partial charge < -0.3 is 0 Å². The van der Waals surface area contributed by atoms with Gasteiger partial charge in [-0.25, -0.2) is 8.42 Å². The highest BCUT2D eigenvalue weighted by Gasteiger charge is 2.26. The van der Waals surface area contributed by atoms with Crippen LogP contribution in [0.1, 0.15) is 6.92 Å². The van der Waals surface area contributed by atoms with Crippen LogP contribution in [0.5, 0.6) is 0 Å². The van der Waals surface area contributed by atoms with Gasteiger partial charge in [0.25, 0.3) is 0 Å². The maximum absolute atomic E-state index is 12.0. The number of hydrogen-bond donors (Lipinski definition) is 0. The van der Waals surface area contributed by atoms with Gasteiger partial charge in [-0.2, -0.15) is 9.57 Å². The summed E-state index contributed by atoms with van der Waals surface area (Å²) in [5.74, 6) is 0. The van der Waals surface area contributed by atoms with Crippen LogP contribution in [-0.4, -0.2) is 25.8 Å². The number of sulfonamides is 1. The molecule has 1 unspecified atom stereocenters. The first-order valence-electron chi connectivity index (χ1n) is 4.53. The van der Waals surface area contributed by atoms with Gasteiger partial charge in [-0.1, -0.05) is 23.7 Å². The average Bonchev–Trinajstić information content (AvgIpc) is 2.27. The van der Waals surface area contributed by atoms with Gasteiger partial charge in [0, 0.05) is 7.05 Å². The first-order valence-corrected chi connectivity index (χ1v) is 6.35. The Bertz CT molecular complexity index is 522. The van der Waals surface area contributed by atoms with E-state index >= 15 is 0 Å². The Hall–Kier alpha value is -1.09. The molecular formula is C10H11ClN2O2S. The molecule has 16 heavy (non-hydrogen) atoms. The quantitative estimate of drug-likeness (QED) is 0.832. The topological polar surface area (TPSA) is 61.2 Å². The molecule has 0 bridgehead atoms. The summed E-state index contributed by atoms with van der Waals surface area (Å²) in [6, 6.07) is 7.28. The smallest absolute Gasteiger partial charge is 0.207 e. The summed E-state index contributed by atoms with van der Waals surface area (Å²) in [5.41, 5.74) is 0. The molecule has 1 atom stereocenters. The zero-order valence-corrected chi connectivity index (χ0v) is 10.5. The lowest BCUT2D eigenvalue weighted by atomic mass is 10.4. The molecule has 0 spiro atoms. The van der Waals surface area contributed by atoms with E-state index in [9.17, 15) is 8.42 Å². The van der Waals surface area contributed by atoms with Crippen molar-refractivity contribution >= 4 is 21.6 Å². The SMILES string of the molecule is CC(C#N)N(C)S(=O)(=O)c1ccccc1Cl. The molecule has 6 heteroatoms. The first-order chi connectivity index (χ1) is 7.41. The maximum Gasteiger partial charge on any atom is 0.245 e. The van der Waals surface area contributed by atoms with Crippen molar-refractivity contribution in [3.05, 3.63) is 29.3 Å². The van der Waals surface area contributed by atoms with Crippen molar-refractivity contribution in [2.75, 3.05) is 7.05 Å². The van der Waals surface area contributed by atoms with Crippen LogP contribution in [0.3, 0.4) is 0 Å². The van der Waals surface area contributed by atoms with E-state index in [1.54, 1.807) is 12.1 Å². The molecule has 0 N–H and O–H groups in total. The number of rotatable bonds is 3. The van der Waals surface area contributed by atoms with E-state index in [0.29, 0.717) is 0 Å². The Kier molecular flexibility index (Phi) is 3.92. The van der Waals surface area contributed by atoms with E-state index in [0.717, 1.165) is 4.31 Å². The summed E-state index contributed by atoms with van der Waals surface area (Å²) in [6.45, 7) is 1.51. The van der Waals surface area contributed by atoms with Crippen molar-refractivity contribution in [3.8, 4) is 6.07 Å². The first kappa shape index (κ1) is 13.0. The Morgan fingerprint density at radius 1 is 1.44 bits per heavy atom. The molecule has 1 rings (SSSR count). The van der Waals surface area contributed by atoms with Crippen LogP contribution in [0.2, 0.25) is 5.02 Å². The summed E-state index contributed by atoms with van der Waals surface area (Å²) >= 11 is 5.81. The summed E-state index contributed by atoms with van der Waals surface area (Å²) in [7, 11) is -2.35. The second-order valence-electron chi connectivity index (χ2n) is 3.26. The van der Waals surface area contributed by atoms with Gasteiger partial charge in [0.1, 0.15) is 10.9 Å². The van der Waals surface area contributed by atoms with Gasteiger partial charge in [0.05, 0.1) is 11.1 Å². The van der Waals surface area contributed by atoms with E-state index < -0.39 is 16.1 Å². The van der Waals surface area contributed by atoms with Crippen molar-refractivity contribution in [2.24, 2.45) is 0 Å². The standard InChI is InChI=1S/C10H11ClN2O2S/c1-8(7-12)13(2)16(14,15)10-6-4-3-5-9(10)11/h3-6,8H,1-2H3. The molecule has 0 saturated heterocycles. The summed E-state index contributed by atoms with van der Waals surface area (Å²) < 4.78 is 25.1. The lowest BCUT2D eigenvalue weighted by Gasteiger charge is -2.19. The largest absolute Gasteiger partial charge is 0.245 e. The number of hydrogen-bond acceptors (Lipinski definition) is 3. The highest BCUT2D eigenvalue weighted by Crippen LogP contribution is 2.24. The normalized spacial score (nSPS) is 13.4. The van der Waals surface area contributed by atoms with E-state index in [1.165, 1.54) is 26.1 Å². The molecule has 0 aliphatic rings. The van der Waals surface area contributed by atoms with Crippen LogP contribution in [-0.2, 0) is 10.0 Å². The van der Waals surface area contributed by atoms with E-state index in [1.807, 2.05) is 6.07 Å². The zero-order chi connectivity index (χ0) is 12.3. The number of benzene rings is 1. The molecular weight excluding hydrogens is 248 g/mol. The highest BCUT2D eigenvalue weighted by molar-refractivity contribution is 7.89. The van der Waals surface area contributed by atoms with Gasteiger partial charge in [-0.15, -0.1) is 0 Å². The predicted octanol–water partition coefficient (Wildman–Crippen LogP) is 1.87. The number of nitriles is 1. The monoisotopic (exact) mass is 258 g/mol. The van der Waals surface area contributed by atoms with E-state index in [2.05, 4.69) is 0 Å². The van der Waals surface area contributed by atoms with Crippen molar-refractivity contribution in [3.63, 3.8) is 0 Å². The third-order valence-electron chi connectivity index (χ3n) is 2.23. The summed E-state index contributed by atoms with van der Waals surface area (Å²) in [5, 5.41) is 8.85. The number of halogens is 1. The molecule has 0 radical (unpaired) electrons. The Morgan fingerprint density at radius 3 is 2.50 bits per heavy atom. The molecule has 0 aromatic heterocycles. The maximum atomic E-state index is 12.0. The minimum absolute atomic E-state index is 0.0151. The van der Waals surface area contributed by atoms with Crippen LogP contribution >= 0.6 is 11.6 Å². The van der Waals surface area contributed by atoms with Gasteiger partial charge >= 0.3 is 0 Å². The molecule has 0 aliphatic carbocycles. The third-order valence-corrected chi connectivity index (χ3v) is 4.65. The molecule has 1 aromatic carbocycles. The molecule has 4 nitrogen and oxygen atoms in total. The predicted molar refractivity (Wildman–Crippen MR) is 61.5 cm³/mol. The third kappa shape index (κ3) is 2.35. The second-order valence-corrected chi connectivity index (χ2v) is 5.63. The highest BCUT2D eigenvalue weighted by atomic mass is 35.5. The molecule has 86 valence electrons. The Labute approximate surface area is 100 Å². The fourth-order valence-electron chi connectivity index (χ4n) is 1.10. The van der Waals surface area contributed by atoms with Gasteiger partial charge in [-0.05, 0) is 19.1 Å². The van der Waals surface area contributed by atoms with E-state index in [4.69, 9.17) is 16.9 Å². The van der Waals surface area contributed by atoms with Crippen molar-refractivity contribution in [1.29, 1.82) is 5.26 Å². The van der Waals surface area contributed by atoms with Crippen LogP contribution < -0.4 is 0 Å². The van der Waals surface area contributed by atoms with Gasteiger partial charge in [0.15, 0.2) is 0 Å². The van der Waals surface area contributed by atoms with Crippen molar-refractivity contribution in [2.45, 2.75) is 17.9 Å². The molecule has 0 fully saturated rings. The summed E-state index contributed by atoms with van der Waals surface area (Å²) in [4.78, 5) is 0.0151. The lowest BCUT2D eigenvalue weighted by molar-refractivity contribution is 0.442. The second kappa shape index (κ2) is 4.83. The van der Waals surface area contributed by atoms with Crippen molar-refractivity contribution < 1.29 is 8.42 Å².